The Morgan fingerprint density at radius 2 is 1.72 bits per heavy atom. The Hall–Kier alpha value is -5.93. The van der Waals surface area contributed by atoms with Crippen LogP contribution in [0, 0.1) is 5.82 Å². The van der Waals surface area contributed by atoms with Crippen molar-refractivity contribution in [2.24, 2.45) is 0 Å². The molecule has 3 saturated heterocycles. The first-order valence-corrected chi connectivity index (χ1v) is 21.2. The van der Waals surface area contributed by atoms with Crippen LogP contribution in [0.3, 0.4) is 0 Å². The van der Waals surface area contributed by atoms with Gasteiger partial charge in [0.25, 0.3) is 5.56 Å². The number of rotatable bonds is 11. The van der Waals surface area contributed by atoms with E-state index >= 15 is 4.39 Å². The number of anilines is 4. The number of carbonyl (C=O) groups is 2. The highest BCUT2D eigenvalue weighted by molar-refractivity contribution is 6.01. The molecule has 9 rings (SSSR count). The Balaban J connectivity index is 0.807. The second-order valence-electron chi connectivity index (χ2n) is 16.6. The Morgan fingerprint density at radius 3 is 2.43 bits per heavy atom. The van der Waals surface area contributed by atoms with Gasteiger partial charge < -0.3 is 25.5 Å². The van der Waals surface area contributed by atoms with Crippen LogP contribution in [0.15, 0.2) is 78.2 Å². The first-order valence-electron chi connectivity index (χ1n) is 21.2. The molecule has 1 unspecified atom stereocenters. The molecule has 60 heavy (non-hydrogen) atoms. The number of imide groups is 1. The van der Waals surface area contributed by atoms with E-state index in [2.05, 4.69) is 49.4 Å². The predicted octanol–water partition coefficient (Wildman–Crippen LogP) is 5.66. The van der Waals surface area contributed by atoms with Gasteiger partial charge in [0.1, 0.15) is 22.8 Å². The normalized spacial score (nSPS) is 21.6. The Bertz CT molecular complexity index is 2500. The second-order valence-corrected chi connectivity index (χ2v) is 16.6. The molecule has 4 N–H and O–H groups in total. The van der Waals surface area contributed by atoms with Crippen molar-refractivity contribution in [3.8, 4) is 5.82 Å². The molecule has 3 fully saturated rings. The lowest BCUT2D eigenvalue weighted by atomic mass is 9.87. The van der Waals surface area contributed by atoms with Crippen molar-refractivity contribution in [1.29, 1.82) is 0 Å². The summed E-state index contributed by atoms with van der Waals surface area (Å²) >= 11 is 0. The zero-order valence-electron chi connectivity index (χ0n) is 33.9. The molecule has 2 aromatic carbocycles. The van der Waals surface area contributed by atoms with Gasteiger partial charge in [-0.05, 0) is 124 Å². The van der Waals surface area contributed by atoms with E-state index in [-0.39, 0.29) is 42.1 Å². The van der Waals surface area contributed by atoms with E-state index in [1.807, 2.05) is 43.3 Å². The molecule has 0 radical (unpaired) electrons. The largest absolute Gasteiger partial charge is 0.384 e. The number of aliphatic hydroxyl groups is 1. The molecular weight excluding hydrogens is 764 g/mol. The fourth-order valence-corrected chi connectivity index (χ4v) is 9.54. The predicted molar refractivity (Wildman–Crippen MR) is 228 cm³/mol. The summed E-state index contributed by atoms with van der Waals surface area (Å²) in [4.78, 5) is 56.3. The number of nitrogens with one attached hydrogen (secondary N) is 3. The van der Waals surface area contributed by atoms with E-state index in [1.165, 1.54) is 6.07 Å². The third-order valence-electron chi connectivity index (χ3n) is 13.0. The summed E-state index contributed by atoms with van der Waals surface area (Å²) in [5.41, 5.74) is 4.07. The minimum absolute atomic E-state index is 0.151. The van der Waals surface area contributed by atoms with Gasteiger partial charge in [-0.25, -0.2) is 23.7 Å². The van der Waals surface area contributed by atoms with Crippen molar-refractivity contribution in [3.63, 3.8) is 0 Å². The van der Waals surface area contributed by atoms with Crippen molar-refractivity contribution in [2.75, 3.05) is 41.7 Å². The molecule has 312 valence electrons. The molecule has 0 saturated carbocycles. The summed E-state index contributed by atoms with van der Waals surface area (Å²) in [5, 5.41) is 20.4. The Kier molecular flexibility index (Phi) is 10.7. The SMILES string of the molecule is C=CCn1c(=O)c2cnc(Nc3ccc(N4CCC(N5CCC(c6ccc(NC7CCC(=O)NC7=O)cc6F)CC5)CC4)cc3)nc2n1-c1ccc2c(n1)[C@@](O)(CC)CC2. The maximum Gasteiger partial charge on any atom is 0.278 e. The lowest BCUT2D eigenvalue weighted by Gasteiger charge is -2.42. The third-order valence-corrected chi connectivity index (χ3v) is 13.0. The summed E-state index contributed by atoms with van der Waals surface area (Å²) < 4.78 is 18.6. The molecule has 2 amide bonds. The number of fused-ring (bicyclic) bond motifs is 2. The lowest BCUT2D eigenvalue weighted by Crippen LogP contribution is -2.47. The van der Waals surface area contributed by atoms with Crippen LogP contribution in [0.25, 0.3) is 16.9 Å². The summed E-state index contributed by atoms with van der Waals surface area (Å²) in [6.07, 6.45) is 9.69. The number of pyridine rings is 1. The number of aryl methyl sites for hydroxylation is 1. The zero-order valence-corrected chi connectivity index (χ0v) is 33.9. The van der Waals surface area contributed by atoms with E-state index in [0.29, 0.717) is 59.5 Å². The molecule has 3 aromatic heterocycles. The number of nitrogens with zero attached hydrogens (tertiary/aromatic N) is 7. The van der Waals surface area contributed by atoms with Gasteiger partial charge in [-0.2, -0.15) is 4.98 Å². The number of piperidine rings is 3. The molecule has 0 spiro atoms. The molecule has 1 aliphatic carbocycles. The highest BCUT2D eigenvalue weighted by Crippen LogP contribution is 2.39. The highest BCUT2D eigenvalue weighted by atomic mass is 19.1. The summed E-state index contributed by atoms with van der Waals surface area (Å²) in [7, 11) is 0. The number of hydrogen-bond acceptors (Lipinski definition) is 11. The van der Waals surface area contributed by atoms with Gasteiger partial charge in [-0.1, -0.05) is 25.1 Å². The minimum atomic E-state index is -0.999. The van der Waals surface area contributed by atoms with Crippen LogP contribution in [0.5, 0.6) is 0 Å². The fraction of sp³-hybridized carbons (Fsp3) is 0.422. The standard InChI is InChI=1S/C45H51FN10O4/c1-3-21-55-43(59)35-27-47-44(52-41(35)56(55)38-13-5-29-15-20-45(60,4-2)40(29)50-38)49-30-6-9-32(10-7-30)54-24-18-33(19-25-54)53-22-16-28(17-23-53)34-11-8-31(26-36(34)46)48-37-12-14-39(57)51-42(37)58/h3,5-11,13,26-28,33,37,48,60H,1,4,12,14-25H2,2H3,(H,47,49,52)(H,51,57,58)/t37?,45-/m1/s1. The summed E-state index contributed by atoms with van der Waals surface area (Å²) in [6, 6.07) is 17.2. The van der Waals surface area contributed by atoms with Crippen molar-refractivity contribution >= 4 is 45.9 Å². The van der Waals surface area contributed by atoms with Crippen LogP contribution in [0.2, 0.25) is 0 Å². The topological polar surface area (TPSA) is 163 Å². The van der Waals surface area contributed by atoms with Crippen LogP contribution in [-0.2, 0) is 28.2 Å². The number of likely N-dealkylation sites (tertiary alicyclic amines) is 1. The van der Waals surface area contributed by atoms with Gasteiger partial charge in [0, 0.05) is 48.8 Å². The molecular formula is C45H51FN10O4. The third kappa shape index (κ3) is 7.56. The van der Waals surface area contributed by atoms with Crippen molar-refractivity contribution < 1.29 is 19.1 Å². The number of halogens is 1. The fourth-order valence-electron chi connectivity index (χ4n) is 9.54. The molecule has 0 bridgehead atoms. The monoisotopic (exact) mass is 814 g/mol. The number of hydrogen-bond donors (Lipinski definition) is 4. The van der Waals surface area contributed by atoms with Gasteiger partial charge in [0.2, 0.25) is 17.8 Å². The maximum absolute atomic E-state index is 15.3. The van der Waals surface area contributed by atoms with Gasteiger partial charge in [0.15, 0.2) is 11.5 Å². The van der Waals surface area contributed by atoms with Gasteiger partial charge >= 0.3 is 0 Å². The molecule has 5 aromatic rings. The van der Waals surface area contributed by atoms with Crippen molar-refractivity contribution in [2.45, 2.75) is 94.9 Å². The van der Waals surface area contributed by atoms with E-state index in [1.54, 1.807) is 21.6 Å². The molecule has 14 nitrogen and oxygen atoms in total. The van der Waals surface area contributed by atoms with Crippen LogP contribution in [-0.4, -0.2) is 84.4 Å². The van der Waals surface area contributed by atoms with Gasteiger partial charge in [-0.15, -0.1) is 6.58 Å². The average Bonchev–Trinajstić information content (AvgIpc) is 3.74. The molecule has 6 heterocycles. The number of aromatic nitrogens is 5. The van der Waals surface area contributed by atoms with Crippen LogP contribution in [0.1, 0.15) is 81.0 Å². The van der Waals surface area contributed by atoms with E-state index < -0.39 is 11.6 Å². The first-order chi connectivity index (χ1) is 29.1. The van der Waals surface area contributed by atoms with Crippen molar-refractivity contribution in [1.82, 2.24) is 34.5 Å². The Morgan fingerprint density at radius 1 is 0.950 bits per heavy atom. The molecule has 3 aliphatic heterocycles. The lowest BCUT2D eigenvalue weighted by molar-refractivity contribution is -0.133. The average molecular weight is 815 g/mol. The molecule has 15 heteroatoms. The second kappa shape index (κ2) is 16.3. The van der Waals surface area contributed by atoms with Gasteiger partial charge in [-0.3, -0.25) is 19.7 Å². The number of allylic oxidation sites excluding steroid dienone is 1. The van der Waals surface area contributed by atoms with Crippen LogP contribution >= 0.6 is 0 Å². The molecule has 4 aliphatic rings. The number of amides is 2. The zero-order chi connectivity index (χ0) is 41.5. The van der Waals surface area contributed by atoms with Crippen LogP contribution in [0.4, 0.5) is 27.4 Å². The Labute approximate surface area is 347 Å². The highest BCUT2D eigenvalue weighted by Gasteiger charge is 2.37. The van der Waals surface area contributed by atoms with Crippen molar-refractivity contribution in [3.05, 3.63) is 106 Å². The minimum Gasteiger partial charge on any atom is -0.384 e. The summed E-state index contributed by atoms with van der Waals surface area (Å²) in [5.74, 6) is 0.0954. The van der Waals surface area contributed by atoms with E-state index in [4.69, 9.17) is 9.97 Å². The van der Waals surface area contributed by atoms with Crippen LogP contribution < -0.4 is 26.4 Å². The first kappa shape index (κ1) is 39.5. The quantitative estimate of drug-likeness (QED) is 0.0963. The van der Waals surface area contributed by atoms with E-state index in [0.717, 1.165) is 80.8 Å². The smallest absolute Gasteiger partial charge is 0.278 e. The van der Waals surface area contributed by atoms with E-state index in [9.17, 15) is 19.5 Å². The maximum atomic E-state index is 15.3. The molecule has 2 atom stereocenters. The van der Waals surface area contributed by atoms with Gasteiger partial charge in [0.05, 0.1) is 12.2 Å². The number of benzene rings is 2. The summed E-state index contributed by atoms with van der Waals surface area (Å²) in [6.45, 7) is 9.81. The number of carbonyl (C=O) groups excluding carboxylic acids is 2.